The minimum Gasteiger partial charge on any atom is -0.338 e. The van der Waals surface area contributed by atoms with Gasteiger partial charge in [0.2, 0.25) is 0 Å². The first-order valence-electron chi connectivity index (χ1n) is 11.6. The molecule has 1 amide bonds. The summed E-state index contributed by atoms with van der Waals surface area (Å²) < 4.78 is 0. The van der Waals surface area contributed by atoms with Crippen LogP contribution in [0, 0.1) is 5.92 Å². The molecule has 0 spiro atoms. The van der Waals surface area contributed by atoms with E-state index in [-0.39, 0.29) is 5.91 Å². The lowest BCUT2D eigenvalue weighted by Gasteiger charge is -2.34. The average molecular weight is 500 g/mol. The number of nitrogens with zero attached hydrogens (tertiary/aromatic N) is 2. The molecule has 0 radical (unpaired) electrons. The van der Waals surface area contributed by atoms with Crippen molar-refractivity contribution in [1.29, 1.82) is 0 Å². The summed E-state index contributed by atoms with van der Waals surface area (Å²) in [6.45, 7) is 4.72. The molecule has 2 aliphatic rings. The van der Waals surface area contributed by atoms with Gasteiger partial charge in [-0.15, -0.1) is 0 Å². The van der Waals surface area contributed by atoms with Crippen molar-refractivity contribution in [2.45, 2.75) is 24.7 Å². The number of halogens is 2. The Labute approximate surface area is 209 Å². The summed E-state index contributed by atoms with van der Waals surface area (Å²) in [5.41, 5.74) is 3.30. The maximum atomic E-state index is 13.3. The molecule has 0 aliphatic carbocycles. The van der Waals surface area contributed by atoms with E-state index in [4.69, 9.17) is 23.2 Å². The standard InChI is InChI=1S/C27H28Cl2N2OS/c28-25-8-4-7-23(26(25)29)27(32)31-16-22(24(17-31)21-11-14-33-18-21)15-30-12-9-20(10-13-30)19-5-2-1-3-6-19/h1-8,11,14,18,20,22,24H,9-10,12-13,15-17H2. The highest BCUT2D eigenvalue weighted by atomic mass is 35.5. The summed E-state index contributed by atoms with van der Waals surface area (Å²) >= 11 is 14.3. The molecule has 5 rings (SSSR count). The topological polar surface area (TPSA) is 23.6 Å². The molecule has 2 unspecified atom stereocenters. The van der Waals surface area contributed by atoms with Gasteiger partial charge in [0.1, 0.15) is 0 Å². The van der Waals surface area contributed by atoms with Crippen molar-refractivity contribution in [3.05, 3.63) is 92.1 Å². The second-order valence-corrected chi connectivity index (χ2v) is 10.8. The molecule has 2 atom stereocenters. The first-order valence-corrected chi connectivity index (χ1v) is 13.3. The Balaban J connectivity index is 1.28. The van der Waals surface area contributed by atoms with Crippen molar-refractivity contribution in [3.63, 3.8) is 0 Å². The van der Waals surface area contributed by atoms with Crippen LogP contribution >= 0.6 is 34.5 Å². The van der Waals surface area contributed by atoms with Gasteiger partial charge in [0, 0.05) is 25.6 Å². The van der Waals surface area contributed by atoms with Crippen LogP contribution in [0.4, 0.5) is 0 Å². The minimum absolute atomic E-state index is 0.0204. The number of hydrogen-bond acceptors (Lipinski definition) is 3. The molecule has 2 aromatic carbocycles. The molecule has 6 heteroatoms. The van der Waals surface area contributed by atoms with Crippen LogP contribution in [0.25, 0.3) is 0 Å². The van der Waals surface area contributed by atoms with Gasteiger partial charge in [0.05, 0.1) is 15.6 Å². The predicted molar refractivity (Wildman–Crippen MR) is 138 cm³/mol. The molecule has 0 bridgehead atoms. The Morgan fingerprint density at radius 1 is 0.939 bits per heavy atom. The molecular weight excluding hydrogens is 471 g/mol. The largest absolute Gasteiger partial charge is 0.338 e. The van der Waals surface area contributed by atoms with Crippen molar-refractivity contribution in [1.82, 2.24) is 9.80 Å². The Bertz CT molecular complexity index is 1080. The first kappa shape index (κ1) is 22.9. The van der Waals surface area contributed by atoms with Gasteiger partial charge in [0.15, 0.2) is 0 Å². The molecule has 3 heterocycles. The van der Waals surface area contributed by atoms with Gasteiger partial charge in [-0.05, 0) is 77.9 Å². The summed E-state index contributed by atoms with van der Waals surface area (Å²) in [5, 5.41) is 5.15. The van der Waals surface area contributed by atoms with Crippen molar-refractivity contribution in [3.8, 4) is 0 Å². The Hall–Kier alpha value is -1.85. The van der Waals surface area contributed by atoms with E-state index >= 15 is 0 Å². The van der Waals surface area contributed by atoms with Crippen LogP contribution in [0.2, 0.25) is 10.0 Å². The second kappa shape index (κ2) is 10.2. The zero-order valence-electron chi connectivity index (χ0n) is 18.5. The van der Waals surface area contributed by atoms with Gasteiger partial charge >= 0.3 is 0 Å². The number of rotatable bonds is 5. The minimum atomic E-state index is -0.0204. The van der Waals surface area contributed by atoms with Gasteiger partial charge in [-0.25, -0.2) is 0 Å². The Morgan fingerprint density at radius 2 is 1.73 bits per heavy atom. The molecule has 2 saturated heterocycles. The van der Waals surface area contributed by atoms with E-state index < -0.39 is 0 Å². The summed E-state index contributed by atoms with van der Waals surface area (Å²) in [5.74, 6) is 1.40. The van der Waals surface area contributed by atoms with Gasteiger partial charge in [-0.2, -0.15) is 11.3 Å². The molecule has 33 heavy (non-hydrogen) atoms. The summed E-state index contributed by atoms with van der Waals surface area (Å²) in [7, 11) is 0. The molecular formula is C27H28Cl2N2OS. The predicted octanol–water partition coefficient (Wildman–Crippen LogP) is 6.79. The van der Waals surface area contributed by atoms with Crippen LogP contribution in [0.5, 0.6) is 0 Å². The molecule has 0 saturated carbocycles. The molecule has 3 nitrogen and oxygen atoms in total. The molecule has 1 aromatic heterocycles. The lowest BCUT2D eigenvalue weighted by molar-refractivity contribution is 0.0781. The average Bonchev–Trinajstić information content (AvgIpc) is 3.52. The van der Waals surface area contributed by atoms with E-state index in [1.165, 1.54) is 24.0 Å². The highest BCUT2D eigenvalue weighted by Gasteiger charge is 2.38. The van der Waals surface area contributed by atoms with E-state index in [1.807, 2.05) is 4.90 Å². The van der Waals surface area contributed by atoms with Gasteiger partial charge in [-0.3, -0.25) is 4.79 Å². The SMILES string of the molecule is O=C(c1cccc(Cl)c1Cl)N1CC(CN2CCC(c3ccccc3)CC2)C(c2ccsc2)C1. The summed E-state index contributed by atoms with van der Waals surface area (Å²) in [4.78, 5) is 17.9. The number of likely N-dealkylation sites (tertiary alicyclic amines) is 2. The number of amides is 1. The Kier molecular flexibility index (Phi) is 7.07. The maximum absolute atomic E-state index is 13.3. The third kappa shape index (κ3) is 5.00. The summed E-state index contributed by atoms with van der Waals surface area (Å²) in [6, 6.07) is 18.4. The number of benzene rings is 2. The number of carbonyl (C=O) groups is 1. The number of thiophene rings is 1. The van der Waals surface area contributed by atoms with E-state index in [0.29, 0.717) is 33.4 Å². The van der Waals surface area contributed by atoms with Gasteiger partial charge in [-0.1, -0.05) is 59.6 Å². The van der Waals surface area contributed by atoms with Gasteiger partial charge in [0.25, 0.3) is 5.91 Å². The van der Waals surface area contributed by atoms with Crippen LogP contribution in [0.3, 0.4) is 0 Å². The van der Waals surface area contributed by atoms with E-state index in [0.717, 1.165) is 32.7 Å². The van der Waals surface area contributed by atoms with Crippen LogP contribution in [-0.2, 0) is 0 Å². The van der Waals surface area contributed by atoms with Crippen molar-refractivity contribution in [2.75, 3.05) is 32.7 Å². The van der Waals surface area contributed by atoms with Crippen molar-refractivity contribution < 1.29 is 4.79 Å². The summed E-state index contributed by atoms with van der Waals surface area (Å²) in [6.07, 6.45) is 2.39. The fourth-order valence-corrected chi connectivity index (χ4v) is 6.54. The first-order chi connectivity index (χ1) is 16.1. The van der Waals surface area contributed by atoms with E-state index in [1.54, 1.807) is 29.5 Å². The molecule has 3 aromatic rings. The maximum Gasteiger partial charge on any atom is 0.255 e. The molecule has 0 N–H and O–H groups in total. The van der Waals surface area contributed by atoms with Crippen LogP contribution in [0.15, 0.2) is 65.4 Å². The highest BCUT2D eigenvalue weighted by molar-refractivity contribution is 7.08. The van der Waals surface area contributed by atoms with Crippen LogP contribution < -0.4 is 0 Å². The normalized spacial score (nSPS) is 22.1. The third-order valence-corrected chi connectivity index (χ3v) is 8.75. The number of carbonyl (C=O) groups excluding carboxylic acids is 1. The van der Waals surface area contributed by atoms with Crippen LogP contribution in [-0.4, -0.2) is 48.4 Å². The van der Waals surface area contributed by atoms with Crippen molar-refractivity contribution >= 4 is 40.4 Å². The third-order valence-electron chi connectivity index (χ3n) is 7.23. The fourth-order valence-electron chi connectivity index (χ4n) is 5.43. The lowest BCUT2D eigenvalue weighted by Crippen LogP contribution is -2.38. The number of piperidine rings is 1. The van der Waals surface area contributed by atoms with Crippen LogP contribution in [0.1, 0.15) is 46.2 Å². The van der Waals surface area contributed by atoms with E-state index in [2.05, 4.69) is 52.1 Å². The quantitative estimate of drug-likeness (QED) is 0.386. The smallest absolute Gasteiger partial charge is 0.255 e. The molecule has 172 valence electrons. The Morgan fingerprint density at radius 3 is 2.45 bits per heavy atom. The number of hydrogen-bond donors (Lipinski definition) is 0. The second-order valence-electron chi connectivity index (χ2n) is 9.22. The lowest BCUT2D eigenvalue weighted by atomic mass is 9.87. The highest BCUT2D eigenvalue weighted by Crippen LogP contribution is 2.37. The molecule has 2 fully saturated rings. The zero-order chi connectivity index (χ0) is 22.8. The molecule has 2 aliphatic heterocycles. The zero-order valence-corrected chi connectivity index (χ0v) is 20.8. The van der Waals surface area contributed by atoms with Gasteiger partial charge < -0.3 is 9.80 Å². The fraction of sp³-hybridized carbons (Fsp3) is 0.370. The monoisotopic (exact) mass is 498 g/mol. The van der Waals surface area contributed by atoms with Crippen molar-refractivity contribution in [2.24, 2.45) is 5.92 Å². The van der Waals surface area contributed by atoms with E-state index in [9.17, 15) is 4.79 Å².